The molecule has 1 rings (SSSR count). The maximum absolute atomic E-state index is 8.51. The van der Waals surface area contributed by atoms with Crippen LogP contribution < -0.4 is 22.9 Å². The van der Waals surface area contributed by atoms with Gasteiger partial charge in [0.25, 0.3) is 0 Å². The first-order chi connectivity index (χ1) is 7.51. The maximum Gasteiger partial charge on any atom is 0.172 e. The predicted molar refractivity (Wildman–Crippen MR) is 60.3 cm³/mol. The molecule has 10 N–H and O–H groups in total. The molecule has 0 spiro atoms. The number of nitrogens with two attached hydrogens (primary N) is 4. The van der Waals surface area contributed by atoms with Crippen LogP contribution in [0.2, 0.25) is 0 Å². The summed E-state index contributed by atoms with van der Waals surface area (Å²) in [6.45, 7) is 0. The Labute approximate surface area is 90.8 Å². The third-order valence-electron chi connectivity index (χ3n) is 1.99. The van der Waals surface area contributed by atoms with Crippen LogP contribution in [0.3, 0.4) is 0 Å². The molecule has 0 bridgehead atoms. The van der Waals surface area contributed by atoms with E-state index in [2.05, 4.69) is 10.3 Å². The molecule has 1 aromatic carbocycles. The van der Waals surface area contributed by atoms with Crippen molar-refractivity contribution in [2.45, 2.75) is 0 Å². The molecule has 0 unspecified atom stereocenters. The van der Waals surface area contributed by atoms with Crippen LogP contribution >= 0.6 is 0 Å². The van der Waals surface area contributed by atoms with Crippen LogP contribution in [0.5, 0.6) is 0 Å². The third kappa shape index (κ3) is 1.90. The Morgan fingerprint density at radius 2 is 1.19 bits per heavy atom. The molecule has 0 aliphatic carbocycles. The first-order valence-electron chi connectivity index (χ1n) is 4.16. The fraction of sp³-hybridized carbons (Fsp3) is 0. The minimum Gasteiger partial charge on any atom is -0.409 e. The molecular formula is C8H12N6O2. The number of hydrogen-bond donors (Lipinski definition) is 6. The zero-order valence-corrected chi connectivity index (χ0v) is 8.25. The van der Waals surface area contributed by atoms with Crippen molar-refractivity contribution in [1.82, 2.24) is 0 Å². The second-order valence-electron chi connectivity index (χ2n) is 3.00. The van der Waals surface area contributed by atoms with Gasteiger partial charge in [-0.2, -0.15) is 0 Å². The summed E-state index contributed by atoms with van der Waals surface area (Å²) in [5.41, 5.74) is 23.0. The lowest BCUT2D eigenvalue weighted by Gasteiger charge is -2.09. The van der Waals surface area contributed by atoms with Crippen LogP contribution in [0, 0.1) is 0 Å². The van der Waals surface area contributed by atoms with E-state index in [0.29, 0.717) is 0 Å². The number of anilines is 2. The molecule has 86 valence electrons. The normalized spacial score (nSPS) is 12.8. The topological polar surface area (TPSA) is 169 Å². The van der Waals surface area contributed by atoms with E-state index in [9.17, 15) is 0 Å². The number of rotatable bonds is 2. The van der Waals surface area contributed by atoms with Gasteiger partial charge in [-0.15, -0.1) is 0 Å². The maximum atomic E-state index is 8.51. The third-order valence-corrected chi connectivity index (χ3v) is 1.99. The summed E-state index contributed by atoms with van der Waals surface area (Å²) in [4.78, 5) is 0. The Balaban J connectivity index is 3.39. The minimum absolute atomic E-state index is 0.171. The van der Waals surface area contributed by atoms with Gasteiger partial charge in [-0.3, -0.25) is 0 Å². The van der Waals surface area contributed by atoms with Crippen molar-refractivity contribution in [3.8, 4) is 0 Å². The lowest BCUT2D eigenvalue weighted by Crippen LogP contribution is -2.19. The van der Waals surface area contributed by atoms with Crippen molar-refractivity contribution in [2.75, 3.05) is 11.5 Å². The summed E-state index contributed by atoms with van der Waals surface area (Å²) in [7, 11) is 0. The van der Waals surface area contributed by atoms with Gasteiger partial charge in [0, 0.05) is 22.5 Å². The summed E-state index contributed by atoms with van der Waals surface area (Å²) >= 11 is 0. The Bertz CT molecular complexity index is 424. The second kappa shape index (κ2) is 4.26. The highest BCUT2D eigenvalue weighted by Gasteiger charge is 2.11. The first-order valence-corrected chi connectivity index (χ1v) is 4.16. The highest BCUT2D eigenvalue weighted by molar-refractivity contribution is 6.07. The number of benzene rings is 1. The van der Waals surface area contributed by atoms with Gasteiger partial charge < -0.3 is 33.3 Å². The van der Waals surface area contributed by atoms with Gasteiger partial charge in [0.2, 0.25) is 0 Å². The van der Waals surface area contributed by atoms with Crippen molar-refractivity contribution in [1.29, 1.82) is 0 Å². The van der Waals surface area contributed by atoms with E-state index in [0.717, 1.165) is 0 Å². The quantitative estimate of drug-likeness (QED) is 0.124. The zero-order valence-electron chi connectivity index (χ0n) is 8.25. The molecule has 1 aromatic rings. The van der Waals surface area contributed by atoms with Gasteiger partial charge in [-0.05, 0) is 12.1 Å². The van der Waals surface area contributed by atoms with Crippen LogP contribution in [0.1, 0.15) is 11.1 Å². The Morgan fingerprint density at radius 3 is 1.44 bits per heavy atom. The largest absolute Gasteiger partial charge is 0.409 e. The van der Waals surface area contributed by atoms with Gasteiger partial charge in [0.05, 0.1) is 0 Å². The summed E-state index contributed by atoms with van der Waals surface area (Å²) < 4.78 is 0. The highest BCUT2D eigenvalue weighted by atomic mass is 16.4. The fourth-order valence-electron chi connectivity index (χ4n) is 1.18. The van der Waals surface area contributed by atoms with E-state index in [4.69, 9.17) is 33.3 Å². The predicted octanol–water partition coefficient (Wildman–Crippen LogP) is -0.960. The molecule has 0 saturated heterocycles. The molecule has 0 atom stereocenters. The van der Waals surface area contributed by atoms with Crippen LogP contribution in [0.15, 0.2) is 22.4 Å². The van der Waals surface area contributed by atoms with E-state index in [-0.39, 0.29) is 34.2 Å². The number of amidine groups is 2. The van der Waals surface area contributed by atoms with E-state index in [1.807, 2.05) is 0 Å². The van der Waals surface area contributed by atoms with Gasteiger partial charge >= 0.3 is 0 Å². The molecule has 16 heavy (non-hydrogen) atoms. The molecule has 0 amide bonds. The molecular weight excluding hydrogens is 212 g/mol. The summed E-state index contributed by atoms with van der Waals surface area (Å²) in [5, 5.41) is 22.6. The molecule has 0 radical (unpaired) electrons. The van der Waals surface area contributed by atoms with Crippen molar-refractivity contribution >= 4 is 23.0 Å². The number of nitrogen functional groups attached to an aromatic ring is 2. The lowest BCUT2D eigenvalue weighted by atomic mass is 10.1. The molecule has 0 heterocycles. The molecule has 0 fully saturated rings. The van der Waals surface area contributed by atoms with E-state index in [1.54, 1.807) is 0 Å². The average molecular weight is 224 g/mol. The Hall–Kier alpha value is -2.64. The Kier molecular flexibility index (Phi) is 3.04. The molecule has 8 nitrogen and oxygen atoms in total. The van der Waals surface area contributed by atoms with Crippen molar-refractivity contribution in [3.05, 3.63) is 23.3 Å². The average Bonchev–Trinajstić information content (AvgIpc) is 2.29. The molecule has 8 heteroatoms. The van der Waals surface area contributed by atoms with Gasteiger partial charge in [-0.1, -0.05) is 10.3 Å². The van der Waals surface area contributed by atoms with Gasteiger partial charge in [0.15, 0.2) is 11.7 Å². The SMILES string of the molecule is N/C(=N\O)c1cc(N)c(/C(N)=N/O)cc1N. The van der Waals surface area contributed by atoms with E-state index < -0.39 is 0 Å². The standard InChI is InChI=1S/C8H12N6O2/c9-5-1-3(7(11)13-15)6(10)2-4(5)8(12)14-16/h1-2,15-16H,9-10H2,(H2,11,13)(H2,12,14). The molecule has 0 saturated carbocycles. The van der Waals surface area contributed by atoms with Crippen LogP contribution in [-0.2, 0) is 0 Å². The molecule has 0 aliphatic rings. The summed E-state index contributed by atoms with van der Waals surface area (Å²) in [6.07, 6.45) is 0. The minimum atomic E-state index is -0.171. The number of hydrogen-bond acceptors (Lipinski definition) is 6. The summed E-state index contributed by atoms with van der Waals surface area (Å²) in [6, 6.07) is 2.75. The monoisotopic (exact) mass is 224 g/mol. The van der Waals surface area contributed by atoms with Crippen molar-refractivity contribution < 1.29 is 10.4 Å². The van der Waals surface area contributed by atoms with E-state index >= 15 is 0 Å². The molecule has 0 aliphatic heterocycles. The van der Waals surface area contributed by atoms with Crippen LogP contribution in [0.4, 0.5) is 11.4 Å². The van der Waals surface area contributed by atoms with Gasteiger partial charge in [-0.25, -0.2) is 0 Å². The van der Waals surface area contributed by atoms with Gasteiger partial charge in [0.1, 0.15) is 0 Å². The first kappa shape index (κ1) is 11.4. The second-order valence-corrected chi connectivity index (χ2v) is 3.00. The van der Waals surface area contributed by atoms with Crippen LogP contribution in [-0.4, -0.2) is 22.1 Å². The molecule has 0 aromatic heterocycles. The van der Waals surface area contributed by atoms with Crippen molar-refractivity contribution in [3.63, 3.8) is 0 Å². The summed E-state index contributed by atoms with van der Waals surface area (Å²) in [5.74, 6) is -0.342. The lowest BCUT2D eigenvalue weighted by molar-refractivity contribution is 0.318. The number of oxime groups is 2. The highest BCUT2D eigenvalue weighted by Crippen LogP contribution is 2.20. The van der Waals surface area contributed by atoms with E-state index in [1.165, 1.54) is 12.1 Å². The Morgan fingerprint density at radius 1 is 0.875 bits per heavy atom. The smallest absolute Gasteiger partial charge is 0.172 e. The number of nitrogens with zero attached hydrogens (tertiary/aromatic N) is 2. The zero-order chi connectivity index (χ0) is 12.3. The van der Waals surface area contributed by atoms with Crippen molar-refractivity contribution in [2.24, 2.45) is 21.8 Å². The fourth-order valence-corrected chi connectivity index (χ4v) is 1.18. The van der Waals surface area contributed by atoms with Crippen LogP contribution in [0.25, 0.3) is 0 Å².